The second-order valence-electron chi connectivity index (χ2n) is 5.84. The van der Waals surface area contributed by atoms with Crippen molar-refractivity contribution >= 4 is 5.91 Å². The van der Waals surface area contributed by atoms with Crippen LogP contribution in [-0.4, -0.2) is 44.4 Å². The average Bonchev–Trinajstić information content (AvgIpc) is 2.35. The fourth-order valence-electron chi connectivity index (χ4n) is 2.65. The molecular weight excluding hydrogens is 258 g/mol. The van der Waals surface area contributed by atoms with Gasteiger partial charge in [0.15, 0.2) is 0 Å². The molecule has 0 radical (unpaired) electrons. The van der Waals surface area contributed by atoms with Gasteiger partial charge in [0.05, 0.1) is 11.3 Å². The maximum Gasteiger partial charge on any atom is 0.279 e. The Bertz CT molecular complexity index is 604. The summed E-state index contributed by atoms with van der Waals surface area (Å²) in [5, 5.41) is 14.2. The highest BCUT2D eigenvalue weighted by atomic mass is 16.3. The molecule has 1 saturated heterocycles. The minimum absolute atomic E-state index is 0.165. The van der Waals surface area contributed by atoms with Gasteiger partial charge in [0.1, 0.15) is 5.56 Å². The summed E-state index contributed by atoms with van der Waals surface area (Å²) < 4.78 is 1.19. The van der Waals surface area contributed by atoms with E-state index in [0.29, 0.717) is 24.2 Å². The van der Waals surface area contributed by atoms with E-state index in [4.69, 9.17) is 0 Å². The Labute approximate surface area is 118 Å². The molecule has 0 spiro atoms. The van der Waals surface area contributed by atoms with Gasteiger partial charge < -0.3 is 10.0 Å². The van der Waals surface area contributed by atoms with E-state index in [1.54, 1.807) is 25.7 Å². The normalized spacial score (nSPS) is 22.9. The van der Waals surface area contributed by atoms with Crippen molar-refractivity contribution < 1.29 is 9.90 Å². The Morgan fingerprint density at radius 3 is 2.65 bits per heavy atom. The molecule has 1 aliphatic rings. The van der Waals surface area contributed by atoms with E-state index in [0.717, 1.165) is 6.42 Å². The lowest BCUT2D eigenvalue weighted by Crippen LogP contribution is -2.50. The van der Waals surface area contributed by atoms with Crippen LogP contribution < -0.4 is 5.56 Å². The fraction of sp³-hybridized carbons (Fsp3) is 0.643. The Morgan fingerprint density at radius 2 is 2.05 bits per heavy atom. The molecule has 6 nitrogen and oxygen atoms in total. The number of nitrogens with zero attached hydrogens (tertiary/aromatic N) is 3. The summed E-state index contributed by atoms with van der Waals surface area (Å²) in [5.74, 6) is -0.312. The number of amides is 1. The van der Waals surface area contributed by atoms with E-state index < -0.39 is 5.60 Å². The average molecular weight is 279 g/mol. The van der Waals surface area contributed by atoms with Gasteiger partial charge in [-0.05, 0) is 39.2 Å². The second-order valence-corrected chi connectivity index (χ2v) is 5.84. The van der Waals surface area contributed by atoms with Gasteiger partial charge in [-0.25, -0.2) is 4.68 Å². The van der Waals surface area contributed by atoms with E-state index in [9.17, 15) is 14.7 Å². The summed E-state index contributed by atoms with van der Waals surface area (Å²) in [5.41, 5.74) is 0.179. The van der Waals surface area contributed by atoms with Gasteiger partial charge in [0, 0.05) is 20.1 Å². The third kappa shape index (κ3) is 2.60. The van der Waals surface area contributed by atoms with Crippen LogP contribution in [0.4, 0.5) is 0 Å². The van der Waals surface area contributed by atoms with Gasteiger partial charge in [-0.2, -0.15) is 5.10 Å². The number of likely N-dealkylation sites (tertiary alicyclic amines) is 1. The van der Waals surface area contributed by atoms with Gasteiger partial charge in [0.2, 0.25) is 0 Å². The van der Waals surface area contributed by atoms with Crippen molar-refractivity contribution in [3.63, 3.8) is 0 Å². The van der Waals surface area contributed by atoms with Crippen LogP contribution in [-0.2, 0) is 7.05 Å². The summed E-state index contributed by atoms with van der Waals surface area (Å²) >= 11 is 0. The van der Waals surface area contributed by atoms with Crippen molar-refractivity contribution in [1.29, 1.82) is 0 Å². The number of carbonyl (C=O) groups is 1. The molecule has 1 aromatic heterocycles. The summed E-state index contributed by atoms with van der Waals surface area (Å²) in [6.45, 7) is 6.06. The number of aliphatic hydroxyl groups is 1. The Kier molecular flexibility index (Phi) is 3.69. The van der Waals surface area contributed by atoms with Crippen LogP contribution in [0.15, 0.2) is 4.79 Å². The Hall–Kier alpha value is -1.69. The number of aromatic nitrogens is 2. The molecule has 1 aromatic rings. The van der Waals surface area contributed by atoms with Crippen LogP contribution in [0.1, 0.15) is 41.4 Å². The number of aryl methyl sites for hydroxylation is 2. The highest BCUT2D eigenvalue weighted by molar-refractivity contribution is 5.95. The van der Waals surface area contributed by atoms with Gasteiger partial charge in [-0.3, -0.25) is 9.59 Å². The van der Waals surface area contributed by atoms with Gasteiger partial charge in [0.25, 0.3) is 11.5 Å². The van der Waals surface area contributed by atoms with Crippen molar-refractivity contribution in [3.8, 4) is 0 Å². The number of piperidine rings is 1. The third-order valence-corrected chi connectivity index (χ3v) is 3.90. The van der Waals surface area contributed by atoms with E-state index >= 15 is 0 Å². The van der Waals surface area contributed by atoms with E-state index in [-0.39, 0.29) is 23.6 Å². The van der Waals surface area contributed by atoms with Crippen LogP contribution in [0, 0.1) is 13.8 Å². The molecule has 1 amide bonds. The molecule has 0 saturated carbocycles. The van der Waals surface area contributed by atoms with Crippen LogP contribution in [0.5, 0.6) is 0 Å². The number of rotatable bonds is 1. The molecule has 20 heavy (non-hydrogen) atoms. The lowest BCUT2D eigenvalue weighted by molar-refractivity contribution is -0.0108. The maximum atomic E-state index is 12.6. The number of hydrogen-bond donors (Lipinski definition) is 1. The largest absolute Gasteiger partial charge is 0.388 e. The first-order valence-electron chi connectivity index (χ1n) is 6.79. The number of carbonyl (C=O) groups excluding carboxylic acids is 1. The van der Waals surface area contributed by atoms with Crippen LogP contribution in [0.3, 0.4) is 0 Å². The number of hydrogen-bond acceptors (Lipinski definition) is 4. The molecule has 6 heteroatoms. The number of β-amino-alcohol motifs (C(OH)–C–C–N with tert-alkyl or cyclic N) is 1. The fourth-order valence-corrected chi connectivity index (χ4v) is 2.65. The molecule has 1 N–H and O–H groups in total. The molecule has 1 unspecified atom stereocenters. The lowest BCUT2D eigenvalue weighted by Gasteiger charge is -2.37. The Morgan fingerprint density at radius 1 is 1.40 bits per heavy atom. The minimum Gasteiger partial charge on any atom is -0.388 e. The molecule has 2 rings (SSSR count). The zero-order valence-electron chi connectivity index (χ0n) is 12.4. The van der Waals surface area contributed by atoms with E-state index in [2.05, 4.69) is 5.10 Å². The molecular formula is C14H21N3O3. The quantitative estimate of drug-likeness (QED) is 0.806. The monoisotopic (exact) mass is 279 g/mol. The molecule has 1 atom stereocenters. The lowest BCUT2D eigenvalue weighted by atomic mass is 9.94. The summed E-state index contributed by atoms with van der Waals surface area (Å²) in [7, 11) is 1.54. The zero-order valence-corrected chi connectivity index (χ0v) is 12.4. The van der Waals surface area contributed by atoms with Crippen LogP contribution in [0.2, 0.25) is 0 Å². The molecule has 1 aliphatic heterocycles. The molecule has 0 aromatic carbocycles. The van der Waals surface area contributed by atoms with Crippen molar-refractivity contribution in [2.75, 3.05) is 13.1 Å². The third-order valence-electron chi connectivity index (χ3n) is 3.90. The van der Waals surface area contributed by atoms with E-state index in [1.165, 1.54) is 11.7 Å². The van der Waals surface area contributed by atoms with Crippen molar-refractivity contribution in [3.05, 3.63) is 27.2 Å². The topological polar surface area (TPSA) is 75.4 Å². The molecule has 1 fully saturated rings. The molecule has 0 aliphatic carbocycles. The maximum absolute atomic E-state index is 12.6. The van der Waals surface area contributed by atoms with Gasteiger partial charge in [-0.1, -0.05) is 0 Å². The highest BCUT2D eigenvalue weighted by Crippen LogP contribution is 2.22. The van der Waals surface area contributed by atoms with Crippen LogP contribution >= 0.6 is 0 Å². The first-order valence-corrected chi connectivity index (χ1v) is 6.79. The minimum atomic E-state index is -0.880. The standard InChI is InChI=1S/C14H21N3O3/c1-9-10(2)15-16(4)12(18)11(9)13(19)17-7-5-6-14(3,20)8-17/h20H,5-8H2,1-4H3. The zero-order chi connectivity index (χ0) is 15.1. The van der Waals surface area contributed by atoms with Crippen LogP contribution in [0.25, 0.3) is 0 Å². The second kappa shape index (κ2) is 5.01. The van der Waals surface area contributed by atoms with Crippen molar-refractivity contribution in [2.24, 2.45) is 7.05 Å². The van der Waals surface area contributed by atoms with Gasteiger partial charge in [-0.15, -0.1) is 0 Å². The predicted molar refractivity (Wildman–Crippen MR) is 74.7 cm³/mol. The summed E-state index contributed by atoms with van der Waals surface area (Å²) in [6.07, 6.45) is 1.41. The SMILES string of the molecule is Cc1nn(C)c(=O)c(C(=O)N2CCCC(C)(O)C2)c1C. The smallest absolute Gasteiger partial charge is 0.279 e. The summed E-state index contributed by atoms with van der Waals surface area (Å²) in [6, 6.07) is 0. The first-order chi connectivity index (χ1) is 9.23. The van der Waals surface area contributed by atoms with Crippen molar-refractivity contribution in [1.82, 2.24) is 14.7 Å². The Balaban J connectivity index is 2.42. The molecule has 2 heterocycles. The summed E-state index contributed by atoms with van der Waals surface area (Å²) in [4.78, 5) is 26.3. The predicted octanol–water partition coefficient (Wildman–Crippen LogP) is 0.384. The highest BCUT2D eigenvalue weighted by Gasteiger charge is 2.33. The molecule has 0 bridgehead atoms. The first kappa shape index (κ1) is 14.7. The molecule has 110 valence electrons. The van der Waals surface area contributed by atoms with E-state index in [1.807, 2.05) is 0 Å². The van der Waals surface area contributed by atoms with Gasteiger partial charge >= 0.3 is 0 Å². The van der Waals surface area contributed by atoms with Crippen molar-refractivity contribution in [2.45, 2.75) is 39.2 Å².